The van der Waals surface area contributed by atoms with Crippen molar-refractivity contribution in [3.63, 3.8) is 0 Å². The second-order valence-corrected chi connectivity index (χ2v) is 3.41. The van der Waals surface area contributed by atoms with E-state index in [0.29, 0.717) is 0 Å². The van der Waals surface area contributed by atoms with Gasteiger partial charge in [-0.3, -0.25) is 0 Å². The normalized spacial score (nSPS) is 15.7. The van der Waals surface area contributed by atoms with Crippen molar-refractivity contribution in [3.8, 4) is 5.75 Å². The molecule has 0 aromatic heterocycles. The van der Waals surface area contributed by atoms with E-state index in [-0.39, 0.29) is 7.43 Å². The number of methoxy groups -OCH3 is 1. The van der Waals surface area contributed by atoms with E-state index in [1.165, 1.54) is 5.69 Å². The fraction of sp³-hybridized carbons (Fsp3) is 0.500. The molecule has 3 nitrogen and oxygen atoms in total. The summed E-state index contributed by atoms with van der Waals surface area (Å²) in [6.45, 7) is 4.22. The van der Waals surface area contributed by atoms with E-state index in [0.717, 1.165) is 31.9 Å². The minimum atomic E-state index is 0. The Morgan fingerprint density at radius 3 is 2.53 bits per heavy atom. The molecule has 1 fully saturated rings. The number of nitrogens with one attached hydrogen (secondary N) is 1. The van der Waals surface area contributed by atoms with Crippen molar-refractivity contribution in [1.29, 1.82) is 0 Å². The molecule has 0 amide bonds. The number of nitrogens with zero attached hydrogens (tertiary/aromatic N) is 1. The van der Waals surface area contributed by atoms with Crippen LogP contribution < -0.4 is 15.0 Å². The molecule has 1 saturated heterocycles. The predicted octanol–water partition coefficient (Wildman–Crippen LogP) is 1.74. The molecule has 2 rings (SSSR count). The van der Waals surface area contributed by atoms with Gasteiger partial charge in [-0.2, -0.15) is 0 Å². The van der Waals surface area contributed by atoms with Gasteiger partial charge in [-0.25, -0.2) is 0 Å². The molecular formula is C12H20N2O. The summed E-state index contributed by atoms with van der Waals surface area (Å²) >= 11 is 0. The number of hydrogen-bond donors (Lipinski definition) is 1. The van der Waals surface area contributed by atoms with E-state index in [1.54, 1.807) is 7.11 Å². The summed E-state index contributed by atoms with van der Waals surface area (Å²) in [5, 5.41) is 3.34. The van der Waals surface area contributed by atoms with Gasteiger partial charge in [0.05, 0.1) is 12.8 Å². The van der Waals surface area contributed by atoms with Crippen LogP contribution in [0.4, 0.5) is 5.69 Å². The number of anilines is 1. The van der Waals surface area contributed by atoms with E-state index in [2.05, 4.69) is 22.3 Å². The lowest BCUT2D eigenvalue weighted by Crippen LogP contribution is -2.43. The molecule has 0 spiro atoms. The summed E-state index contributed by atoms with van der Waals surface area (Å²) in [5.74, 6) is 0.967. The fourth-order valence-electron chi connectivity index (χ4n) is 1.80. The average molecular weight is 208 g/mol. The summed E-state index contributed by atoms with van der Waals surface area (Å²) < 4.78 is 5.34. The van der Waals surface area contributed by atoms with Crippen LogP contribution in [0.25, 0.3) is 0 Å². The molecule has 0 bridgehead atoms. The number of rotatable bonds is 2. The Morgan fingerprint density at radius 2 is 1.87 bits per heavy atom. The standard InChI is InChI=1S/C11H16N2O.CH4/c1-14-11-5-3-2-4-10(11)13-8-6-12-7-9-13;/h2-5,12H,6-9H2,1H3;1H4. The number of ether oxygens (including phenoxy) is 1. The number of benzene rings is 1. The maximum Gasteiger partial charge on any atom is 0.142 e. The van der Waals surface area contributed by atoms with Crippen LogP contribution in [0.3, 0.4) is 0 Å². The van der Waals surface area contributed by atoms with Gasteiger partial charge in [-0.15, -0.1) is 0 Å². The zero-order chi connectivity index (χ0) is 9.80. The Labute approximate surface area is 92.0 Å². The third-order valence-electron chi connectivity index (χ3n) is 2.54. The number of para-hydroxylation sites is 2. The Hall–Kier alpha value is -1.22. The highest BCUT2D eigenvalue weighted by Crippen LogP contribution is 2.27. The first kappa shape index (κ1) is 11.9. The summed E-state index contributed by atoms with van der Waals surface area (Å²) in [4.78, 5) is 2.36. The van der Waals surface area contributed by atoms with Crippen LogP contribution in [0.1, 0.15) is 7.43 Å². The van der Waals surface area contributed by atoms with Gasteiger partial charge in [0, 0.05) is 26.2 Å². The maximum atomic E-state index is 5.34. The molecule has 1 heterocycles. The van der Waals surface area contributed by atoms with Crippen molar-refractivity contribution in [3.05, 3.63) is 24.3 Å². The van der Waals surface area contributed by atoms with Crippen molar-refractivity contribution in [2.45, 2.75) is 7.43 Å². The monoisotopic (exact) mass is 208 g/mol. The Kier molecular flexibility index (Phi) is 4.43. The SMILES string of the molecule is C.COc1ccccc1N1CCNCC1. The smallest absolute Gasteiger partial charge is 0.142 e. The molecule has 0 unspecified atom stereocenters. The lowest BCUT2D eigenvalue weighted by molar-refractivity contribution is 0.413. The first-order valence-corrected chi connectivity index (χ1v) is 5.00. The van der Waals surface area contributed by atoms with E-state index in [4.69, 9.17) is 4.74 Å². The van der Waals surface area contributed by atoms with Gasteiger partial charge in [-0.1, -0.05) is 19.6 Å². The predicted molar refractivity (Wildman–Crippen MR) is 64.8 cm³/mol. The summed E-state index contributed by atoms with van der Waals surface area (Å²) in [6, 6.07) is 8.19. The Bertz CT molecular complexity index is 295. The minimum Gasteiger partial charge on any atom is -0.495 e. The van der Waals surface area contributed by atoms with Crippen LogP contribution in [0.15, 0.2) is 24.3 Å². The zero-order valence-corrected chi connectivity index (χ0v) is 8.49. The summed E-state index contributed by atoms with van der Waals surface area (Å²) in [6.07, 6.45) is 0. The van der Waals surface area contributed by atoms with Crippen LogP contribution in [-0.2, 0) is 0 Å². The minimum absolute atomic E-state index is 0. The van der Waals surface area contributed by atoms with E-state index in [9.17, 15) is 0 Å². The van der Waals surface area contributed by atoms with Gasteiger partial charge in [0.2, 0.25) is 0 Å². The highest BCUT2D eigenvalue weighted by molar-refractivity contribution is 5.58. The van der Waals surface area contributed by atoms with Gasteiger partial charge in [0.1, 0.15) is 5.75 Å². The van der Waals surface area contributed by atoms with Crippen LogP contribution >= 0.6 is 0 Å². The van der Waals surface area contributed by atoms with Crippen LogP contribution in [0, 0.1) is 0 Å². The van der Waals surface area contributed by atoms with Crippen LogP contribution in [0.5, 0.6) is 5.75 Å². The van der Waals surface area contributed by atoms with E-state index >= 15 is 0 Å². The lowest BCUT2D eigenvalue weighted by Gasteiger charge is -2.30. The Morgan fingerprint density at radius 1 is 1.20 bits per heavy atom. The molecule has 1 aromatic rings. The second-order valence-electron chi connectivity index (χ2n) is 3.41. The molecule has 1 aromatic carbocycles. The topological polar surface area (TPSA) is 24.5 Å². The van der Waals surface area contributed by atoms with Gasteiger partial charge in [0.25, 0.3) is 0 Å². The third kappa shape index (κ3) is 2.63. The molecule has 0 aliphatic carbocycles. The molecule has 3 heteroatoms. The first-order chi connectivity index (χ1) is 6.92. The van der Waals surface area contributed by atoms with Crippen molar-refractivity contribution in [2.24, 2.45) is 0 Å². The van der Waals surface area contributed by atoms with Crippen molar-refractivity contribution < 1.29 is 4.74 Å². The lowest BCUT2D eigenvalue weighted by atomic mass is 10.2. The van der Waals surface area contributed by atoms with Crippen LogP contribution in [-0.4, -0.2) is 33.3 Å². The summed E-state index contributed by atoms with van der Waals surface area (Å²) in [5.41, 5.74) is 1.21. The van der Waals surface area contributed by atoms with E-state index in [1.807, 2.05) is 12.1 Å². The molecule has 1 N–H and O–H groups in total. The maximum absolute atomic E-state index is 5.34. The average Bonchev–Trinajstić information content (AvgIpc) is 2.30. The zero-order valence-electron chi connectivity index (χ0n) is 8.49. The quantitative estimate of drug-likeness (QED) is 0.801. The first-order valence-electron chi connectivity index (χ1n) is 5.00. The Balaban J connectivity index is 0.00000112. The highest BCUT2D eigenvalue weighted by atomic mass is 16.5. The molecular weight excluding hydrogens is 188 g/mol. The summed E-state index contributed by atoms with van der Waals surface area (Å²) in [7, 11) is 1.72. The van der Waals surface area contributed by atoms with Crippen molar-refractivity contribution in [1.82, 2.24) is 5.32 Å². The number of piperazine rings is 1. The fourth-order valence-corrected chi connectivity index (χ4v) is 1.80. The van der Waals surface area contributed by atoms with Gasteiger partial charge in [0.15, 0.2) is 0 Å². The van der Waals surface area contributed by atoms with Gasteiger partial charge < -0.3 is 15.0 Å². The van der Waals surface area contributed by atoms with Crippen LogP contribution in [0.2, 0.25) is 0 Å². The third-order valence-corrected chi connectivity index (χ3v) is 2.54. The van der Waals surface area contributed by atoms with Crippen molar-refractivity contribution >= 4 is 5.69 Å². The largest absolute Gasteiger partial charge is 0.495 e. The molecule has 0 radical (unpaired) electrons. The number of hydrogen-bond acceptors (Lipinski definition) is 3. The molecule has 15 heavy (non-hydrogen) atoms. The highest BCUT2D eigenvalue weighted by Gasteiger charge is 2.13. The molecule has 84 valence electrons. The molecule has 0 atom stereocenters. The van der Waals surface area contributed by atoms with E-state index < -0.39 is 0 Å². The van der Waals surface area contributed by atoms with Gasteiger partial charge >= 0.3 is 0 Å². The molecule has 0 saturated carbocycles. The second kappa shape index (κ2) is 5.61. The van der Waals surface area contributed by atoms with Crippen molar-refractivity contribution in [2.75, 3.05) is 38.2 Å². The van der Waals surface area contributed by atoms with Gasteiger partial charge in [-0.05, 0) is 12.1 Å². The molecule has 1 aliphatic heterocycles. The molecule has 1 aliphatic rings.